The lowest BCUT2D eigenvalue weighted by Gasteiger charge is -2.23. The van der Waals surface area contributed by atoms with Crippen LogP contribution in [-0.4, -0.2) is 115 Å². The minimum atomic E-state index is -0.113. The minimum Gasteiger partial charge on any atom is -0.376 e. The third kappa shape index (κ3) is 17.1. The third-order valence-corrected chi connectivity index (χ3v) is 18.2. The number of rotatable bonds is 21. The van der Waals surface area contributed by atoms with E-state index in [1.807, 2.05) is 127 Å². The molecule has 104 heavy (non-hydrogen) atoms. The molecule has 536 valence electrons. The van der Waals surface area contributed by atoms with Crippen molar-refractivity contribution in [2.24, 2.45) is 7.05 Å². The van der Waals surface area contributed by atoms with Crippen LogP contribution in [0.3, 0.4) is 0 Å². The number of aryl methyl sites for hydroxylation is 4. The Kier molecular flexibility index (Phi) is 22.5. The van der Waals surface area contributed by atoms with Crippen molar-refractivity contribution < 1.29 is 27.3 Å². The molecule has 12 heterocycles. The largest absolute Gasteiger partial charge is 0.376 e. The molecule has 10 aromatic heterocycles. The average molecular weight is 1400 g/mol. The van der Waals surface area contributed by atoms with Gasteiger partial charge in [-0.1, -0.05) is 88.3 Å². The van der Waals surface area contributed by atoms with Crippen LogP contribution in [0.2, 0.25) is 0 Å². The highest BCUT2D eigenvalue weighted by atomic mass is 16.5. The van der Waals surface area contributed by atoms with Gasteiger partial charge in [0.1, 0.15) is 40.0 Å². The van der Waals surface area contributed by atoms with Gasteiger partial charge in [0.15, 0.2) is 17.3 Å². The molecule has 0 bridgehead atoms. The van der Waals surface area contributed by atoms with Crippen LogP contribution in [0.4, 0.5) is 0 Å². The third-order valence-electron chi connectivity index (χ3n) is 18.2. The zero-order chi connectivity index (χ0) is 72.1. The van der Waals surface area contributed by atoms with Crippen molar-refractivity contribution >= 4 is 0 Å². The van der Waals surface area contributed by atoms with E-state index >= 15 is 0 Å². The molecule has 2 atom stereocenters. The maximum atomic E-state index is 12.5. The molecule has 25 heteroatoms. The van der Waals surface area contributed by atoms with Crippen LogP contribution in [0.1, 0.15) is 76.0 Å². The molecule has 25 nitrogen and oxygen atoms in total. The Bertz CT molecular complexity index is 5270. The summed E-state index contributed by atoms with van der Waals surface area (Å²) >= 11 is 0. The number of hydrogen-bond acceptors (Lipinski definition) is 21. The minimum absolute atomic E-state index is 0. The fourth-order valence-corrected chi connectivity index (χ4v) is 12.4. The van der Waals surface area contributed by atoms with Crippen LogP contribution in [0.5, 0.6) is 0 Å². The summed E-state index contributed by atoms with van der Waals surface area (Å²) in [5.41, 5.74) is 16.9. The smallest absolute Gasteiger partial charge is 0.250 e. The Hall–Kier alpha value is -11.6. The van der Waals surface area contributed by atoms with Gasteiger partial charge in [0.25, 0.3) is 16.7 Å². The Labute approximate surface area is 604 Å². The molecule has 3 aromatic carbocycles. The van der Waals surface area contributed by atoms with E-state index in [1.165, 1.54) is 22.8 Å². The lowest BCUT2D eigenvalue weighted by molar-refractivity contribution is 0.00545. The number of hydrogen-bond donors (Lipinski definition) is 3. The summed E-state index contributed by atoms with van der Waals surface area (Å²) in [4.78, 5) is 69.6. The fourth-order valence-electron chi connectivity index (χ4n) is 12.4. The van der Waals surface area contributed by atoms with E-state index in [0.717, 1.165) is 138 Å². The van der Waals surface area contributed by atoms with E-state index in [-0.39, 0.29) is 33.2 Å². The molecule has 0 saturated carbocycles. The molecule has 3 N–H and O–H groups in total. The summed E-state index contributed by atoms with van der Waals surface area (Å²) < 4.78 is 35.4. The number of nitrogens with one attached hydrogen (secondary N) is 3. The molecule has 2 saturated heterocycles. The van der Waals surface area contributed by atoms with Gasteiger partial charge < -0.3 is 57.3 Å². The fraction of sp³-hybridized carbons (Fsp3) is 0.278. The quantitative estimate of drug-likeness (QED) is 0.0602. The van der Waals surface area contributed by atoms with Crippen LogP contribution < -0.4 is 32.6 Å². The molecular weight excluding hydrogens is 1310 g/mol. The predicted octanol–water partition coefficient (Wildman–Crippen LogP) is 12.2. The van der Waals surface area contributed by atoms with E-state index < -0.39 is 0 Å². The van der Waals surface area contributed by atoms with Crippen molar-refractivity contribution in [3.05, 3.63) is 248 Å². The van der Waals surface area contributed by atoms with Crippen molar-refractivity contribution in [3.63, 3.8) is 0 Å². The molecule has 0 amide bonds. The van der Waals surface area contributed by atoms with Gasteiger partial charge in [-0.2, -0.15) is 0 Å². The van der Waals surface area contributed by atoms with E-state index in [0.29, 0.717) is 71.1 Å². The summed E-state index contributed by atoms with van der Waals surface area (Å²) in [6.45, 7) is 11.0. The van der Waals surface area contributed by atoms with Crippen molar-refractivity contribution in [1.82, 2.24) is 84.6 Å². The van der Waals surface area contributed by atoms with Gasteiger partial charge in [0, 0.05) is 145 Å². The topological polar surface area (TPSA) is 294 Å². The number of aromatic nitrogens is 14. The molecule has 13 aromatic rings. The van der Waals surface area contributed by atoms with Crippen molar-refractivity contribution in [2.45, 2.75) is 104 Å². The van der Waals surface area contributed by atoms with Crippen LogP contribution in [0.15, 0.2) is 205 Å². The van der Waals surface area contributed by atoms with E-state index in [1.54, 1.807) is 75.0 Å². The predicted molar refractivity (Wildman–Crippen MR) is 402 cm³/mol. The molecule has 0 spiro atoms. The normalized spacial score (nSPS) is 14.2. The van der Waals surface area contributed by atoms with Crippen LogP contribution >= 0.6 is 0 Å². The van der Waals surface area contributed by atoms with E-state index in [9.17, 15) is 14.4 Å². The van der Waals surface area contributed by atoms with Crippen LogP contribution in [0, 0.1) is 20.8 Å². The first-order chi connectivity index (χ1) is 50.7. The second-order valence-electron chi connectivity index (χ2n) is 25.8. The lowest BCUT2D eigenvalue weighted by atomic mass is 10.1. The lowest BCUT2D eigenvalue weighted by Crippen LogP contribution is -2.30. The molecule has 0 radical (unpaired) electrons. The molecule has 2 fully saturated rings. The summed E-state index contributed by atoms with van der Waals surface area (Å²) in [5, 5.41) is 22.2. The number of nitrogens with zero attached hydrogens (tertiary/aromatic N) is 14. The van der Waals surface area contributed by atoms with Crippen molar-refractivity contribution in [3.8, 4) is 102 Å². The second-order valence-corrected chi connectivity index (χ2v) is 25.8. The standard InChI is InChI=1S/C27H29N5O3.C26H25N7O2.C26H27N5O3.3H2/c1-18-27(25-13-23(31-35-25)20-8-6-19(7-9-20)14-28-2)30-24(15-29-18)21-10-11-26(33)32(16-21)17-22-5-3-4-12-34-22;1-17-26(23-12-21(31-35-23)19-6-4-18(5-7-19)13-27-2)30-22(14-29-17)20-8-9-25(34)33(15-20)16-24-28-10-11-32(24)3;1-17-26(24-12-22(30-34-24)19-7-5-18(6-8-19)13-27-2)29-23(14-28-17)20-9-10-25(32)31(15-20)16-21-4-3-11-33-21;;;/h6-11,13,15-16,22,28H,3-5,12,14,17H2,1-2H3;4-12,14-15,27H,13,16H2,1-3H3;5-10,12,14-15,21,27H,3-4,11,13,16H2,1-2H3;3*1H. The summed E-state index contributed by atoms with van der Waals surface area (Å²) in [5.74, 6) is 2.42. The molecule has 2 aliphatic heterocycles. The van der Waals surface area contributed by atoms with Gasteiger partial charge in [-0.25, -0.2) is 19.9 Å². The van der Waals surface area contributed by atoms with Crippen molar-refractivity contribution in [1.29, 1.82) is 0 Å². The summed E-state index contributed by atoms with van der Waals surface area (Å²) in [6.07, 6.45) is 19.5. The Morgan fingerprint density at radius 3 is 1.12 bits per heavy atom. The van der Waals surface area contributed by atoms with Gasteiger partial charge >= 0.3 is 0 Å². The molecular formula is C79H87N17O8. The first-order valence-corrected chi connectivity index (χ1v) is 34.7. The molecule has 0 aliphatic carbocycles. The van der Waals surface area contributed by atoms with Crippen molar-refractivity contribution in [2.75, 3.05) is 34.4 Å². The summed E-state index contributed by atoms with van der Waals surface area (Å²) in [6, 6.07) is 40.2. The first-order valence-electron chi connectivity index (χ1n) is 34.7. The zero-order valence-corrected chi connectivity index (χ0v) is 59.1. The highest BCUT2D eigenvalue weighted by molar-refractivity contribution is 5.71. The Morgan fingerprint density at radius 1 is 0.433 bits per heavy atom. The average Bonchev–Trinajstić information content (AvgIpc) is 1.80. The highest BCUT2D eigenvalue weighted by Crippen LogP contribution is 2.33. The van der Waals surface area contributed by atoms with Gasteiger partial charge in [-0.15, -0.1) is 0 Å². The van der Waals surface area contributed by atoms with E-state index in [2.05, 4.69) is 87.8 Å². The SMILES string of the molecule is CNCc1ccc(-c2cc(-c3nc(-c4ccc(=O)n(CC5CCCCO5)c4)cnc3C)on2)cc1.CNCc1ccc(-c2cc(-c3nc(-c4ccc(=O)n(CC5CCCO5)c4)cnc3C)on2)cc1.CNCc1ccc(-c2cc(-c3nc(-c4ccc(=O)n(Cc5nccn5C)c4)cnc3C)on2)cc1.[HH].[HH].[HH]. The van der Waals surface area contributed by atoms with Gasteiger partial charge in [-0.3, -0.25) is 29.3 Å². The van der Waals surface area contributed by atoms with Gasteiger partial charge in [0.2, 0.25) is 0 Å². The second kappa shape index (κ2) is 33.0. The first kappa shape index (κ1) is 70.8. The van der Waals surface area contributed by atoms with E-state index in [4.69, 9.17) is 38.0 Å². The zero-order valence-electron chi connectivity index (χ0n) is 59.1. The molecule has 2 unspecified atom stereocenters. The highest BCUT2D eigenvalue weighted by Gasteiger charge is 2.22. The van der Waals surface area contributed by atoms with Gasteiger partial charge in [-0.05, 0) is 109 Å². The molecule has 2 aliphatic rings. The maximum Gasteiger partial charge on any atom is 0.250 e. The maximum absolute atomic E-state index is 12.5. The number of benzene rings is 3. The monoisotopic (exact) mass is 1400 g/mol. The number of pyridine rings is 3. The van der Waals surface area contributed by atoms with Crippen LogP contribution in [0.25, 0.3) is 102 Å². The molecule has 15 rings (SSSR count). The van der Waals surface area contributed by atoms with Crippen LogP contribution in [-0.2, 0) is 55.8 Å². The number of imidazole rings is 1. The number of ether oxygens (including phenoxy) is 2. The summed E-state index contributed by atoms with van der Waals surface area (Å²) in [7, 11) is 7.67. The Balaban J connectivity index is 0.000000169. The Morgan fingerprint density at radius 2 is 0.788 bits per heavy atom. The van der Waals surface area contributed by atoms with Gasteiger partial charge in [0.05, 0.1) is 84.6 Å².